The molecule has 10 nitrogen and oxygen atoms in total. The van der Waals surface area contributed by atoms with Gasteiger partial charge >= 0.3 is 6.18 Å². The number of fused-ring (bicyclic) bond motifs is 2. The standard InChI is InChI=1S/C33H38F4N6O4S2/c1-49(46,47)42-15-10-27-26(19-42)30(21-2-4-22(5-3-21)33(35,36)37)40-43(27)18-24(44)17-41-13-8-20(9-14-41)29-25-7-6-23(34)16-28(25)48-31(29)32(45)39-12-11-38/h2-7,16,20,24,44H,8-15,17-19,38H2,1H3,(H,39,45). The highest BCUT2D eigenvalue weighted by Gasteiger charge is 2.33. The van der Waals surface area contributed by atoms with Gasteiger partial charge in [-0.2, -0.15) is 22.6 Å². The summed E-state index contributed by atoms with van der Waals surface area (Å²) in [6.07, 6.45) is -2.43. The van der Waals surface area contributed by atoms with Crippen molar-refractivity contribution in [1.82, 2.24) is 24.3 Å². The van der Waals surface area contributed by atoms with Crippen molar-refractivity contribution >= 4 is 37.4 Å². The molecule has 4 N–H and O–H groups in total. The van der Waals surface area contributed by atoms with Crippen molar-refractivity contribution in [3.63, 3.8) is 0 Å². The van der Waals surface area contributed by atoms with Crippen LogP contribution in [0.1, 0.15) is 50.8 Å². The van der Waals surface area contributed by atoms with Gasteiger partial charge in [-0.05, 0) is 67.1 Å². The molecule has 0 radical (unpaired) electrons. The summed E-state index contributed by atoms with van der Waals surface area (Å²) in [6, 6.07) is 9.19. The number of nitrogens with two attached hydrogens (primary N) is 1. The van der Waals surface area contributed by atoms with Crippen LogP contribution < -0.4 is 11.1 Å². The molecule has 0 spiro atoms. The van der Waals surface area contributed by atoms with Crippen LogP contribution in [0.5, 0.6) is 0 Å². The van der Waals surface area contributed by atoms with E-state index in [1.807, 2.05) is 0 Å². The lowest BCUT2D eigenvalue weighted by Gasteiger charge is -2.33. The number of carbonyl (C=O) groups is 1. The molecular weight excluding hydrogens is 685 g/mol. The minimum Gasteiger partial charge on any atom is -0.390 e. The average molecular weight is 723 g/mol. The number of piperidine rings is 1. The van der Waals surface area contributed by atoms with Gasteiger partial charge in [0.15, 0.2) is 0 Å². The fourth-order valence-corrected chi connectivity index (χ4v) is 8.86. The highest BCUT2D eigenvalue weighted by Crippen LogP contribution is 2.41. The van der Waals surface area contributed by atoms with Crippen molar-refractivity contribution in [2.45, 2.75) is 50.6 Å². The minimum atomic E-state index is -4.50. The van der Waals surface area contributed by atoms with Gasteiger partial charge < -0.3 is 21.1 Å². The number of aromatic nitrogens is 2. The quantitative estimate of drug-likeness (QED) is 0.210. The van der Waals surface area contributed by atoms with Crippen LogP contribution in [-0.4, -0.2) is 90.0 Å². The predicted octanol–water partition coefficient (Wildman–Crippen LogP) is 4.17. The van der Waals surface area contributed by atoms with E-state index < -0.39 is 27.9 Å². The Labute approximate surface area is 285 Å². The molecule has 4 aromatic rings. The third-order valence-corrected chi connectivity index (χ3v) is 11.6. The molecule has 1 fully saturated rings. The lowest BCUT2D eigenvalue weighted by molar-refractivity contribution is -0.137. The molecule has 1 unspecified atom stereocenters. The first kappa shape index (κ1) is 35.4. The Kier molecular flexibility index (Phi) is 10.2. The lowest BCUT2D eigenvalue weighted by Crippen LogP contribution is -2.40. The van der Waals surface area contributed by atoms with Crippen molar-refractivity contribution < 1.29 is 35.9 Å². The lowest BCUT2D eigenvalue weighted by atomic mass is 9.87. The largest absolute Gasteiger partial charge is 0.416 e. The number of halogens is 4. The van der Waals surface area contributed by atoms with E-state index in [9.17, 15) is 35.9 Å². The maximum atomic E-state index is 14.0. The normalized spacial score (nSPS) is 17.4. The van der Waals surface area contributed by atoms with E-state index in [2.05, 4.69) is 10.2 Å². The molecule has 0 aliphatic carbocycles. The zero-order chi connectivity index (χ0) is 35.1. The fourth-order valence-electron chi connectivity index (χ4n) is 6.84. The number of β-amino-alcohol motifs (C(OH)–C–C–N with tert-alkyl or cyclic N) is 1. The van der Waals surface area contributed by atoms with Gasteiger partial charge in [0, 0.05) is 60.7 Å². The molecule has 2 aromatic carbocycles. The van der Waals surface area contributed by atoms with Crippen molar-refractivity contribution in [3.8, 4) is 11.3 Å². The third kappa shape index (κ3) is 7.68. The number of amides is 1. The molecule has 4 heterocycles. The predicted molar refractivity (Wildman–Crippen MR) is 179 cm³/mol. The second-order valence-electron chi connectivity index (χ2n) is 12.6. The first-order chi connectivity index (χ1) is 23.2. The summed E-state index contributed by atoms with van der Waals surface area (Å²) in [7, 11) is -3.53. The molecule has 6 rings (SSSR count). The van der Waals surface area contributed by atoms with Gasteiger partial charge in [0.1, 0.15) is 5.82 Å². The SMILES string of the molecule is CS(=O)(=O)N1CCc2c(c(-c3ccc(C(F)(F)F)cc3)nn2CC(O)CN2CCC(c3c(C(=O)NCCN)sc4cc(F)ccc34)CC2)C1. The third-order valence-electron chi connectivity index (χ3n) is 9.23. The topological polar surface area (TPSA) is 134 Å². The van der Waals surface area contributed by atoms with E-state index in [1.165, 1.54) is 39.9 Å². The maximum Gasteiger partial charge on any atom is 0.416 e. The molecular formula is C33H38F4N6O4S2. The summed E-state index contributed by atoms with van der Waals surface area (Å²) in [6.45, 7) is 2.66. The van der Waals surface area contributed by atoms with Crippen LogP contribution in [0.25, 0.3) is 21.3 Å². The van der Waals surface area contributed by atoms with Gasteiger partial charge in [-0.15, -0.1) is 11.3 Å². The van der Waals surface area contributed by atoms with E-state index in [1.54, 1.807) is 10.7 Å². The first-order valence-corrected chi connectivity index (χ1v) is 18.7. The minimum absolute atomic E-state index is 0.0320. The van der Waals surface area contributed by atoms with Crippen molar-refractivity contribution in [2.75, 3.05) is 45.5 Å². The van der Waals surface area contributed by atoms with Crippen LogP contribution in [0, 0.1) is 5.82 Å². The number of nitrogens with zero attached hydrogens (tertiary/aromatic N) is 4. The summed E-state index contributed by atoms with van der Waals surface area (Å²) in [5.41, 5.74) is 7.87. The number of rotatable bonds is 10. The summed E-state index contributed by atoms with van der Waals surface area (Å²) in [5, 5.41) is 19.6. The van der Waals surface area contributed by atoms with Crippen LogP contribution in [0.3, 0.4) is 0 Å². The van der Waals surface area contributed by atoms with Crippen molar-refractivity contribution in [3.05, 3.63) is 75.5 Å². The van der Waals surface area contributed by atoms with Crippen molar-refractivity contribution in [2.24, 2.45) is 5.73 Å². The second kappa shape index (κ2) is 14.1. The van der Waals surface area contributed by atoms with Gasteiger partial charge in [-0.3, -0.25) is 9.48 Å². The number of alkyl halides is 3. The molecule has 1 saturated heterocycles. The number of aliphatic hydroxyl groups is 1. The molecule has 0 bridgehead atoms. The van der Waals surface area contributed by atoms with E-state index in [4.69, 9.17) is 10.8 Å². The second-order valence-corrected chi connectivity index (χ2v) is 15.7. The average Bonchev–Trinajstić information content (AvgIpc) is 3.61. The Hall–Kier alpha value is -3.41. The molecule has 1 amide bonds. The number of hydrogen-bond donors (Lipinski definition) is 3. The van der Waals surface area contributed by atoms with Crippen LogP contribution in [0.15, 0.2) is 42.5 Å². The molecule has 2 aromatic heterocycles. The molecule has 1 atom stereocenters. The van der Waals surface area contributed by atoms with E-state index in [-0.39, 0.29) is 37.3 Å². The number of sulfonamides is 1. The number of benzene rings is 2. The monoisotopic (exact) mass is 722 g/mol. The van der Waals surface area contributed by atoms with E-state index >= 15 is 0 Å². The van der Waals surface area contributed by atoms with Gasteiger partial charge in [0.05, 0.1) is 35.0 Å². The summed E-state index contributed by atoms with van der Waals surface area (Å²) >= 11 is 1.27. The molecule has 16 heteroatoms. The van der Waals surface area contributed by atoms with Gasteiger partial charge in [0.25, 0.3) is 5.91 Å². The van der Waals surface area contributed by atoms with Crippen LogP contribution >= 0.6 is 11.3 Å². The Morgan fingerprint density at radius 1 is 1.12 bits per heavy atom. The Bertz CT molecular complexity index is 1940. The fraction of sp³-hybridized carbons (Fsp3) is 0.455. The zero-order valence-corrected chi connectivity index (χ0v) is 28.5. The Morgan fingerprint density at radius 2 is 1.84 bits per heavy atom. The van der Waals surface area contributed by atoms with Crippen LogP contribution in [0.2, 0.25) is 0 Å². The molecule has 2 aliphatic rings. The number of nitrogens with one attached hydrogen (secondary N) is 1. The maximum absolute atomic E-state index is 14.0. The Balaban J connectivity index is 1.17. The van der Waals surface area contributed by atoms with Crippen LogP contribution in [-0.2, 0) is 35.7 Å². The molecule has 49 heavy (non-hydrogen) atoms. The van der Waals surface area contributed by atoms with Gasteiger partial charge in [-0.25, -0.2) is 12.8 Å². The first-order valence-electron chi connectivity index (χ1n) is 16.0. The smallest absolute Gasteiger partial charge is 0.390 e. The highest BCUT2D eigenvalue weighted by atomic mass is 32.2. The molecule has 0 saturated carbocycles. The van der Waals surface area contributed by atoms with Crippen LogP contribution in [0.4, 0.5) is 17.6 Å². The summed E-state index contributed by atoms with van der Waals surface area (Å²) < 4.78 is 82.1. The summed E-state index contributed by atoms with van der Waals surface area (Å²) in [5.74, 6) is -0.526. The number of hydrogen-bond acceptors (Lipinski definition) is 8. The number of aliphatic hydroxyl groups excluding tert-OH is 1. The number of thiophene rings is 1. The molecule has 264 valence electrons. The molecule has 2 aliphatic heterocycles. The highest BCUT2D eigenvalue weighted by molar-refractivity contribution is 7.88. The van der Waals surface area contributed by atoms with Gasteiger partial charge in [-0.1, -0.05) is 18.2 Å². The van der Waals surface area contributed by atoms with Crippen molar-refractivity contribution in [1.29, 1.82) is 0 Å². The summed E-state index contributed by atoms with van der Waals surface area (Å²) in [4.78, 5) is 15.7. The Morgan fingerprint density at radius 3 is 2.49 bits per heavy atom. The van der Waals surface area contributed by atoms with E-state index in [0.29, 0.717) is 65.5 Å². The van der Waals surface area contributed by atoms with E-state index in [0.717, 1.165) is 47.9 Å². The number of likely N-dealkylation sites (tertiary alicyclic amines) is 1. The number of carbonyl (C=O) groups excluding carboxylic acids is 1. The van der Waals surface area contributed by atoms with Gasteiger partial charge in [0.2, 0.25) is 10.0 Å². The zero-order valence-electron chi connectivity index (χ0n) is 26.8.